The third-order valence-corrected chi connectivity index (χ3v) is 11.1. The summed E-state index contributed by atoms with van der Waals surface area (Å²) < 4.78 is 0. The maximum atomic E-state index is 12.7. The Morgan fingerprint density at radius 1 is 0.623 bits per heavy atom. The van der Waals surface area contributed by atoms with Gasteiger partial charge in [0.15, 0.2) is 5.78 Å². The first kappa shape index (κ1) is 43.8. The number of fused-ring (bicyclic) bond motifs is 2. The lowest BCUT2D eigenvalue weighted by Crippen LogP contribution is -2.27. The lowest BCUT2D eigenvalue weighted by atomic mass is 9.94. The Morgan fingerprint density at radius 3 is 1.49 bits per heavy atom. The molecule has 0 fully saturated rings. The molecule has 6 aromatic rings. The number of carbonyl (C=O) groups is 4. The first-order valence-electron chi connectivity index (χ1n) is 20.8. The number of ketones is 1. The van der Waals surface area contributed by atoms with Crippen LogP contribution in [-0.2, 0) is 35.4 Å². The standard InChI is InChI=1S/C26H26N2O2.C19H19NO3.C6H8N2/c1-3-26(30)28-14-12-22-16-21(8-10-24(22)28)20-7-9-23(18(2)15-20)25(29)11-6-19-5-4-13-27-17-19;1-3-18(21)20-9-8-15-11-14(5-7-17(15)20)13-4-6-16(19(22)23)12(2)10-13;7-4-6-2-1-3-8-5-6/h4-5,7-10,13,15-17H,3,6,11-12,14H2,1-2H3;4-7,10-11H,3,8-9H2,1-2H3,(H,22,23);1-3,5H,4,7H2. The zero-order valence-corrected chi connectivity index (χ0v) is 35.4. The summed E-state index contributed by atoms with van der Waals surface area (Å²) in [6.07, 6.45) is 11.0. The van der Waals surface area contributed by atoms with Gasteiger partial charge >= 0.3 is 5.97 Å². The highest BCUT2D eigenvalue weighted by molar-refractivity contribution is 5.99. The SMILES string of the molecule is CCC(=O)N1CCc2cc(-c3ccc(C(=O)CCc4cccnc4)c(C)c3)ccc21.CCC(=O)N1CCc2cc(-c3ccc(C(=O)O)c(C)c3)ccc21.NCc1cccnc1. The quantitative estimate of drug-likeness (QED) is 0.130. The number of hydrogen-bond donors (Lipinski definition) is 2. The number of nitrogens with zero attached hydrogens (tertiary/aromatic N) is 4. The van der Waals surface area contributed by atoms with Crippen molar-refractivity contribution in [3.63, 3.8) is 0 Å². The second kappa shape index (κ2) is 20.5. The molecule has 0 atom stereocenters. The molecule has 8 rings (SSSR count). The second-order valence-corrected chi connectivity index (χ2v) is 15.2. The fraction of sp³-hybridized carbons (Fsp3) is 0.255. The normalized spacial score (nSPS) is 12.3. The highest BCUT2D eigenvalue weighted by Crippen LogP contribution is 2.35. The van der Waals surface area contributed by atoms with Crippen LogP contribution in [0.1, 0.15) is 87.2 Å². The lowest BCUT2D eigenvalue weighted by molar-refractivity contribution is -0.119. The minimum absolute atomic E-state index is 0.151. The Balaban J connectivity index is 0.000000177. The Kier molecular flexibility index (Phi) is 14.7. The van der Waals surface area contributed by atoms with Gasteiger partial charge < -0.3 is 20.6 Å². The van der Waals surface area contributed by atoms with Crippen molar-refractivity contribution in [2.24, 2.45) is 5.73 Å². The number of aromatic nitrogens is 2. The molecule has 2 aromatic heterocycles. The summed E-state index contributed by atoms with van der Waals surface area (Å²) in [7, 11) is 0. The summed E-state index contributed by atoms with van der Waals surface area (Å²) in [5.74, 6) is -0.424. The molecule has 3 N–H and O–H groups in total. The van der Waals surface area contributed by atoms with Gasteiger partial charge in [0.05, 0.1) is 5.56 Å². The van der Waals surface area contributed by atoms with Crippen molar-refractivity contribution in [2.45, 2.75) is 72.8 Å². The maximum Gasteiger partial charge on any atom is 0.335 e. The predicted molar refractivity (Wildman–Crippen MR) is 242 cm³/mol. The van der Waals surface area contributed by atoms with Crippen LogP contribution in [0.5, 0.6) is 0 Å². The monoisotopic (exact) mass is 815 g/mol. The number of hydrogen-bond acceptors (Lipinski definition) is 7. The molecule has 0 bridgehead atoms. The largest absolute Gasteiger partial charge is 0.478 e. The van der Waals surface area contributed by atoms with E-state index >= 15 is 0 Å². The number of aromatic carboxylic acids is 1. The van der Waals surface area contributed by atoms with E-state index < -0.39 is 5.97 Å². The van der Waals surface area contributed by atoms with Gasteiger partial charge in [0.2, 0.25) is 11.8 Å². The predicted octanol–water partition coefficient (Wildman–Crippen LogP) is 9.37. The minimum Gasteiger partial charge on any atom is -0.478 e. The fourth-order valence-electron chi connectivity index (χ4n) is 7.76. The van der Waals surface area contributed by atoms with Gasteiger partial charge in [-0.3, -0.25) is 24.4 Å². The van der Waals surface area contributed by atoms with E-state index in [-0.39, 0.29) is 17.6 Å². The molecule has 0 unspecified atom stereocenters. The van der Waals surface area contributed by atoms with E-state index in [1.165, 1.54) is 11.1 Å². The molecular weight excluding hydrogens is 763 g/mol. The van der Waals surface area contributed by atoms with E-state index in [4.69, 9.17) is 10.8 Å². The van der Waals surface area contributed by atoms with Gasteiger partial charge in [0.1, 0.15) is 0 Å². The summed E-state index contributed by atoms with van der Waals surface area (Å²) in [4.78, 5) is 59.6. The number of carboxylic acid groups (broad SMARTS) is 1. The van der Waals surface area contributed by atoms with Crippen molar-refractivity contribution in [3.8, 4) is 22.3 Å². The number of aryl methyl sites for hydroxylation is 3. The number of rotatable bonds is 10. The van der Waals surface area contributed by atoms with Gasteiger partial charge in [-0.15, -0.1) is 0 Å². The summed E-state index contributed by atoms with van der Waals surface area (Å²) >= 11 is 0. The molecule has 2 aliphatic heterocycles. The Morgan fingerprint density at radius 2 is 1.08 bits per heavy atom. The van der Waals surface area contributed by atoms with E-state index in [2.05, 4.69) is 34.2 Å². The van der Waals surface area contributed by atoms with Crippen molar-refractivity contribution >= 4 is 34.9 Å². The summed E-state index contributed by atoms with van der Waals surface area (Å²) in [6, 6.07) is 31.5. The van der Waals surface area contributed by atoms with Crippen LogP contribution in [0.25, 0.3) is 22.3 Å². The molecule has 0 saturated heterocycles. The van der Waals surface area contributed by atoms with Gasteiger partial charge in [-0.05, 0) is 131 Å². The highest BCUT2D eigenvalue weighted by atomic mass is 16.4. The van der Waals surface area contributed by atoms with Gasteiger partial charge in [-0.2, -0.15) is 0 Å². The van der Waals surface area contributed by atoms with Crippen molar-refractivity contribution in [1.29, 1.82) is 0 Å². The highest BCUT2D eigenvalue weighted by Gasteiger charge is 2.25. The van der Waals surface area contributed by atoms with Crippen LogP contribution in [0, 0.1) is 13.8 Å². The van der Waals surface area contributed by atoms with Gasteiger partial charge in [0, 0.05) is 80.6 Å². The second-order valence-electron chi connectivity index (χ2n) is 15.2. The van der Waals surface area contributed by atoms with E-state index in [0.717, 1.165) is 87.4 Å². The molecule has 0 spiro atoms. The van der Waals surface area contributed by atoms with Gasteiger partial charge in [-0.25, -0.2) is 4.79 Å². The molecule has 0 radical (unpaired) electrons. The molecule has 312 valence electrons. The maximum absolute atomic E-state index is 12.7. The number of Topliss-reactive ketones (excluding diaryl/α,β-unsaturated/α-hetero) is 1. The topological polar surface area (TPSA) is 147 Å². The van der Waals surface area contributed by atoms with Crippen LogP contribution in [-0.4, -0.2) is 51.7 Å². The number of carboxylic acids is 1. The molecule has 2 aliphatic rings. The van der Waals surface area contributed by atoms with Crippen LogP contribution in [0.2, 0.25) is 0 Å². The van der Waals surface area contributed by atoms with Crippen molar-refractivity contribution in [2.75, 3.05) is 22.9 Å². The van der Waals surface area contributed by atoms with Crippen LogP contribution in [0.3, 0.4) is 0 Å². The first-order valence-corrected chi connectivity index (χ1v) is 20.8. The summed E-state index contributed by atoms with van der Waals surface area (Å²) in [6.45, 7) is 9.65. The zero-order chi connectivity index (χ0) is 43.5. The van der Waals surface area contributed by atoms with E-state index in [9.17, 15) is 19.2 Å². The Bertz CT molecular complexity index is 2520. The molecule has 61 heavy (non-hydrogen) atoms. The fourth-order valence-corrected chi connectivity index (χ4v) is 7.76. The van der Waals surface area contributed by atoms with Crippen LogP contribution < -0.4 is 15.5 Å². The molecule has 0 aliphatic carbocycles. The average molecular weight is 816 g/mol. The molecule has 0 saturated carbocycles. The summed E-state index contributed by atoms with van der Waals surface area (Å²) in [5, 5.41) is 9.12. The Hall–Kier alpha value is -6.78. The number of anilines is 2. The van der Waals surface area contributed by atoms with Crippen molar-refractivity contribution in [3.05, 3.63) is 166 Å². The third-order valence-electron chi connectivity index (χ3n) is 11.1. The van der Waals surface area contributed by atoms with Crippen LogP contribution >= 0.6 is 0 Å². The Labute approximate surface area is 358 Å². The third kappa shape index (κ3) is 10.7. The van der Waals surface area contributed by atoms with Gasteiger partial charge in [0.25, 0.3) is 0 Å². The number of amides is 2. The smallest absolute Gasteiger partial charge is 0.335 e. The average Bonchev–Trinajstić information content (AvgIpc) is 3.93. The van der Waals surface area contributed by atoms with E-state index in [1.807, 2.05) is 110 Å². The first-order chi connectivity index (χ1) is 29.5. The van der Waals surface area contributed by atoms with Crippen molar-refractivity contribution in [1.82, 2.24) is 9.97 Å². The number of nitrogens with two attached hydrogens (primary N) is 1. The molecule has 10 nitrogen and oxygen atoms in total. The number of benzene rings is 4. The number of carbonyl (C=O) groups excluding carboxylic acids is 3. The van der Waals surface area contributed by atoms with Crippen LogP contribution in [0.15, 0.2) is 122 Å². The zero-order valence-electron chi connectivity index (χ0n) is 35.4. The van der Waals surface area contributed by atoms with E-state index in [1.54, 1.807) is 24.7 Å². The molecule has 2 amide bonds. The molecule has 10 heteroatoms. The summed E-state index contributed by atoms with van der Waals surface area (Å²) in [5.41, 5.74) is 19.0. The minimum atomic E-state index is -0.906. The van der Waals surface area contributed by atoms with Crippen molar-refractivity contribution < 1.29 is 24.3 Å². The number of pyridine rings is 2. The van der Waals surface area contributed by atoms with Gasteiger partial charge in [-0.1, -0.05) is 68.4 Å². The van der Waals surface area contributed by atoms with Crippen LogP contribution in [0.4, 0.5) is 11.4 Å². The van der Waals surface area contributed by atoms with E-state index in [0.29, 0.717) is 37.8 Å². The molecule has 4 heterocycles. The lowest BCUT2D eigenvalue weighted by Gasteiger charge is -2.16. The molecule has 4 aromatic carbocycles. The molecular formula is C51H53N5O5.